The van der Waals surface area contributed by atoms with Crippen molar-refractivity contribution in [2.24, 2.45) is 17.6 Å². The smallest absolute Gasteiger partial charge is 0.335 e. The summed E-state index contributed by atoms with van der Waals surface area (Å²) >= 11 is 0. The second-order valence-corrected chi connectivity index (χ2v) is 31.2. The SMILES string of the molecule is CC(=O)[C@H](CCCCNC(=O)COCCOCCNC(=O)COCCOCCCC(=O)CC[C@H](NC(=O)CCCCCCCCCOc1ccc(C(=O)O)cc1)C(=O)O)CC(=O)[C@H](CCCCNC(=O)COCCOCCCC(=O)COCCOCCNC(=O)CC[C@H](NC(=O)CCCCCCCCCOc1ccc(C(=O)O)cc1)C(=O)O)CC(=O)C(C)(C)N.[HH].[HH]. The number of nitrogens with two attached hydrogens (primary N) is 1. The van der Waals surface area contributed by atoms with Gasteiger partial charge in [0, 0.05) is 105 Å². The fourth-order valence-corrected chi connectivity index (χ4v) is 12.4. The Hall–Kier alpha value is -9.27. The number of aliphatic carboxylic acids is 2. The summed E-state index contributed by atoms with van der Waals surface area (Å²) in [6.45, 7) is 7.99. The van der Waals surface area contributed by atoms with Crippen molar-refractivity contribution in [3.05, 3.63) is 59.7 Å². The van der Waals surface area contributed by atoms with Gasteiger partial charge in [-0.1, -0.05) is 77.0 Å². The molecule has 0 aromatic heterocycles. The number of benzene rings is 2. The Labute approximate surface area is 737 Å². The van der Waals surface area contributed by atoms with E-state index in [2.05, 4.69) is 31.9 Å². The molecule has 0 aliphatic heterocycles. The summed E-state index contributed by atoms with van der Waals surface area (Å²) < 4.78 is 54.8. The van der Waals surface area contributed by atoms with Crippen LogP contribution in [0.15, 0.2) is 48.5 Å². The first-order valence-corrected chi connectivity index (χ1v) is 44.1. The first-order valence-electron chi connectivity index (χ1n) is 44.1. The monoisotopic (exact) mass is 1780 g/mol. The number of unbranched alkanes of at least 4 members (excludes halogenated alkanes) is 14. The lowest BCUT2D eigenvalue weighted by Crippen LogP contribution is -2.43. The molecule has 0 heterocycles. The van der Waals surface area contributed by atoms with Gasteiger partial charge in [-0.2, -0.15) is 0 Å². The molecule has 36 nitrogen and oxygen atoms in total. The number of hydrogen-bond acceptors (Lipinski definition) is 26. The van der Waals surface area contributed by atoms with E-state index < -0.39 is 59.2 Å². The zero-order chi connectivity index (χ0) is 91.9. The van der Waals surface area contributed by atoms with Crippen LogP contribution in [0.1, 0.15) is 250 Å². The van der Waals surface area contributed by atoms with Crippen molar-refractivity contribution in [3.63, 3.8) is 0 Å². The molecule has 2 rings (SSSR count). The number of ether oxygens (including phenoxy) is 10. The number of nitrogens with one attached hydrogen (secondary N) is 6. The normalized spacial score (nSPS) is 12.2. The average Bonchev–Trinajstić information content (AvgIpc) is 0.875. The molecule has 0 saturated carbocycles. The first kappa shape index (κ1) is 112. The van der Waals surface area contributed by atoms with E-state index in [1.54, 1.807) is 38.1 Å². The third-order valence-electron chi connectivity index (χ3n) is 19.8. The molecule has 0 spiro atoms. The van der Waals surface area contributed by atoms with Gasteiger partial charge in [0.15, 0.2) is 11.6 Å². The highest BCUT2D eigenvalue weighted by molar-refractivity contribution is 5.94. The fourth-order valence-electron chi connectivity index (χ4n) is 12.4. The van der Waals surface area contributed by atoms with Crippen LogP contribution in [0.2, 0.25) is 0 Å². The molecule has 0 fully saturated rings. The lowest BCUT2D eigenvalue weighted by molar-refractivity contribution is -0.142. The van der Waals surface area contributed by atoms with Crippen LogP contribution in [0.25, 0.3) is 0 Å². The summed E-state index contributed by atoms with van der Waals surface area (Å²) in [5, 5.41) is 53.1. The number of amides is 6. The molecule has 0 radical (unpaired) electrons. The van der Waals surface area contributed by atoms with Crippen molar-refractivity contribution in [1.29, 1.82) is 0 Å². The van der Waals surface area contributed by atoms with Crippen LogP contribution >= 0.6 is 0 Å². The van der Waals surface area contributed by atoms with Gasteiger partial charge < -0.3 is 105 Å². The zero-order valence-electron chi connectivity index (χ0n) is 73.7. The maximum Gasteiger partial charge on any atom is 0.335 e. The highest BCUT2D eigenvalue weighted by Gasteiger charge is 2.31. The van der Waals surface area contributed by atoms with Crippen molar-refractivity contribution in [2.45, 2.75) is 244 Å². The second-order valence-electron chi connectivity index (χ2n) is 31.2. The topological polar surface area (TPSA) is 527 Å². The van der Waals surface area contributed by atoms with E-state index in [0.717, 1.165) is 77.0 Å². The van der Waals surface area contributed by atoms with Gasteiger partial charge in [-0.05, 0) is 146 Å². The number of carbonyl (C=O) groups is 15. The van der Waals surface area contributed by atoms with Crippen molar-refractivity contribution < 1.29 is 143 Å². The number of rotatable bonds is 85. The molecule has 710 valence electrons. The van der Waals surface area contributed by atoms with Gasteiger partial charge in [-0.15, -0.1) is 0 Å². The number of Topliss-reactive ketones (excluding diaryl/α,β-unsaturated/α-hetero) is 5. The van der Waals surface area contributed by atoms with Crippen molar-refractivity contribution >= 4 is 88.2 Å². The average molecular weight is 1780 g/mol. The third-order valence-corrected chi connectivity index (χ3v) is 19.8. The number of ketones is 5. The number of aromatic carboxylic acids is 2. The van der Waals surface area contributed by atoms with Crippen LogP contribution in [0.5, 0.6) is 11.5 Å². The lowest BCUT2D eigenvalue weighted by atomic mass is 9.82. The molecule has 2 aromatic carbocycles. The van der Waals surface area contributed by atoms with E-state index in [4.69, 9.17) is 63.3 Å². The summed E-state index contributed by atoms with van der Waals surface area (Å²) in [5.74, 6) is -7.60. The molecular weight excluding hydrogens is 1630 g/mol. The Bertz CT molecular complexity index is 3460. The number of hydrogen-bond donors (Lipinski definition) is 11. The molecule has 0 aliphatic carbocycles. The van der Waals surface area contributed by atoms with E-state index >= 15 is 0 Å². The Balaban J connectivity index is 0.0000794. The Morgan fingerprint density at radius 3 is 1.10 bits per heavy atom. The van der Waals surface area contributed by atoms with Crippen LogP contribution in [0.3, 0.4) is 0 Å². The lowest BCUT2D eigenvalue weighted by Gasteiger charge is -2.23. The largest absolute Gasteiger partial charge is 0.494 e. The maximum atomic E-state index is 13.7. The van der Waals surface area contributed by atoms with Gasteiger partial charge in [-0.25, -0.2) is 19.2 Å². The first-order chi connectivity index (χ1) is 60.0. The van der Waals surface area contributed by atoms with Crippen LogP contribution in [0.4, 0.5) is 0 Å². The summed E-state index contributed by atoms with van der Waals surface area (Å²) in [5.41, 5.74) is 5.32. The van der Waals surface area contributed by atoms with E-state index in [-0.39, 0.29) is 255 Å². The Kier molecular flexibility index (Phi) is 64.2. The molecule has 12 N–H and O–H groups in total. The maximum absolute atomic E-state index is 13.7. The molecule has 6 amide bonds. The molecule has 0 bridgehead atoms. The minimum atomic E-state index is -1.23. The fraction of sp³-hybridized carbons (Fsp3) is 0.697. The van der Waals surface area contributed by atoms with Crippen LogP contribution < -0.4 is 47.1 Å². The van der Waals surface area contributed by atoms with Crippen molar-refractivity contribution in [3.8, 4) is 11.5 Å². The van der Waals surface area contributed by atoms with Crippen molar-refractivity contribution in [1.82, 2.24) is 31.9 Å². The van der Waals surface area contributed by atoms with Gasteiger partial charge in [-0.3, -0.25) is 52.7 Å². The van der Waals surface area contributed by atoms with E-state index in [1.165, 1.54) is 31.2 Å². The van der Waals surface area contributed by atoms with Gasteiger partial charge in [0.05, 0.1) is 95.9 Å². The predicted molar refractivity (Wildman–Crippen MR) is 463 cm³/mol. The van der Waals surface area contributed by atoms with Gasteiger partial charge in [0.1, 0.15) is 67.4 Å². The minimum Gasteiger partial charge on any atom is -0.494 e. The minimum absolute atomic E-state index is 0. The predicted octanol–water partition coefficient (Wildman–Crippen LogP) is 8.09. The van der Waals surface area contributed by atoms with Crippen LogP contribution in [-0.4, -0.2) is 271 Å². The molecule has 0 aliphatic rings. The van der Waals surface area contributed by atoms with Gasteiger partial charge >= 0.3 is 23.9 Å². The quantitative estimate of drug-likeness (QED) is 0.0279. The third kappa shape index (κ3) is 62.5. The Morgan fingerprint density at radius 2 is 0.696 bits per heavy atom. The van der Waals surface area contributed by atoms with Gasteiger partial charge in [0.2, 0.25) is 35.4 Å². The summed E-state index contributed by atoms with van der Waals surface area (Å²) in [4.78, 5) is 184. The molecule has 0 unspecified atom stereocenters. The van der Waals surface area contributed by atoms with Crippen molar-refractivity contribution in [2.75, 3.05) is 145 Å². The summed E-state index contributed by atoms with van der Waals surface area (Å²) in [7, 11) is 0. The summed E-state index contributed by atoms with van der Waals surface area (Å²) in [6.07, 6.45) is 16.5. The molecule has 4 atom stereocenters. The second kappa shape index (κ2) is 71.8. The van der Waals surface area contributed by atoms with Crippen LogP contribution in [0, 0.1) is 11.8 Å². The zero-order valence-corrected chi connectivity index (χ0v) is 73.7. The van der Waals surface area contributed by atoms with E-state index in [0.29, 0.717) is 102 Å². The number of carboxylic acid groups (broad SMARTS) is 4. The highest BCUT2D eigenvalue weighted by atomic mass is 16.5. The van der Waals surface area contributed by atoms with Gasteiger partial charge in [0.25, 0.3) is 0 Å². The molecule has 125 heavy (non-hydrogen) atoms. The standard InChI is InChI=1S/C89H141N7O29.2H2/c1-66(97)69(24-16-18-42-91-83(106)64-123-59-55-119-51-45-94-84(107)65-122-58-52-116-46-22-26-71(98)34-39-75(87(112)113)95-80(103)28-14-10-6-4-8-12-20-48-124-73-35-30-67(31-36-73)85(108)109)60-77(100)70(61-78(101)89(2,3)90)25-17-19-43-92-82(105)63-121-57-53-117-47-23-27-72(99)62-120-56-54-118-50-44-93-79(102)41-40-76(88(114)115)96-81(104)29-15-11-7-5-9-13-21-49-125-74-37-32-68(33-38-74)86(110)111;;/h30-33,35-38,69-70,75-76H,4-29,34,39-65,90H2,1-3H3,(H,91,106)(H,92,105)(H,93,102)(H,94,107)(H,95,103)(H,96,104)(H,108,109)(H,110,111)(H,112,113)(H,114,115);2*1H/t69-,70-,75+,76+;;/m1../s1. The van der Waals surface area contributed by atoms with E-state index in [1.807, 2.05) is 0 Å². The number of carbonyl (C=O) groups excluding carboxylic acids is 11. The summed E-state index contributed by atoms with van der Waals surface area (Å²) in [6, 6.07) is 10.2. The highest BCUT2D eigenvalue weighted by Crippen LogP contribution is 2.25. The molecule has 0 saturated heterocycles. The van der Waals surface area contributed by atoms with E-state index in [9.17, 15) is 82.1 Å². The molecular formula is C89H145N7O29. The Morgan fingerprint density at radius 1 is 0.336 bits per heavy atom. The molecule has 36 heteroatoms. The molecule has 2 aromatic rings. The van der Waals surface area contributed by atoms with Crippen LogP contribution in [-0.2, 0) is 100 Å². The number of carboxylic acids is 4.